The second kappa shape index (κ2) is 9.49. The van der Waals surface area contributed by atoms with Gasteiger partial charge in [0, 0.05) is 25.8 Å². The summed E-state index contributed by atoms with van der Waals surface area (Å²) in [6.07, 6.45) is 3.57. The quantitative estimate of drug-likeness (QED) is 0.658. The fourth-order valence-corrected chi connectivity index (χ4v) is 3.27. The number of rotatable bonds is 7. The van der Waals surface area contributed by atoms with Crippen molar-refractivity contribution in [2.45, 2.75) is 13.0 Å². The molecule has 1 aliphatic heterocycles. The maximum Gasteiger partial charge on any atom is 0.130 e. The van der Waals surface area contributed by atoms with Crippen LogP contribution in [0.25, 0.3) is 0 Å². The van der Waals surface area contributed by atoms with Gasteiger partial charge in [0.1, 0.15) is 24.3 Å². The highest BCUT2D eigenvalue weighted by molar-refractivity contribution is 5.54. The zero-order valence-electron chi connectivity index (χ0n) is 16.6. The fraction of sp³-hybridized carbons (Fsp3) is 0.304. The van der Waals surface area contributed by atoms with Gasteiger partial charge in [0.2, 0.25) is 0 Å². The summed E-state index contributed by atoms with van der Waals surface area (Å²) < 4.78 is 11.8. The largest absolute Gasteiger partial charge is 0.492 e. The Bertz CT molecular complexity index is 885. The van der Waals surface area contributed by atoms with Gasteiger partial charge in [0.05, 0.1) is 24.2 Å². The van der Waals surface area contributed by atoms with E-state index >= 15 is 0 Å². The molecule has 1 atom stereocenters. The lowest BCUT2D eigenvalue weighted by atomic mass is 10.2. The summed E-state index contributed by atoms with van der Waals surface area (Å²) in [6.45, 7) is 6.03. The normalized spacial score (nSPS) is 17.1. The molecule has 4 rings (SSSR count). The third kappa shape index (κ3) is 5.53. The van der Waals surface area contributed by atoms with E-state index in [2.05, 4.69) is 39.2 Å². The Hall–Kier alpha value is -2.96. The summed E-state index contributed by atoms with van der Waals surface area (Å²) in [5, 5.41) is 3.25. The van der Waals surface area contributed by atoms with Crippen molar-refractivity contribution in [2.75, 3.05) is 38.2 Å². The number of aromatic nitrogens is 2. The van der Waals surface area contributed by atoms with Crippen LogP contribution in [0.15, 0.2) is 67.0 Å². The highest BCUT2D eigenvalue weighted by Crippen LogP contribution is 2.22. The molecule has 1 aliphatic rings. The number of morpholine rings is 1. The first kappa shape index (κ1) is 19.4. The molecule has 0 unspecified atom stereocenters. The van der Waals surface area contributed by atoms with Crippen LogP contribution in [-0.4, -0.2) is 47.7 Å². The molecule has 0 radical (unpaired) electrons. The van der Waals surface area contributed by atoms with Crippen molar-refractivity contribution in [1.29, 1.82) is 0 Å². The van der Waals surface area contributed by atoms with Gasteiger partial charge in [-0.25, -0.2) is 4.98 Å². The van der Waals surface area contributed by atoms with E-state index in [1.807, 2.05) is 48.7 Å². The second-order valence-electron chi connectivity index (χ2n) is 7.13. The molecule has 150 valence electrons. The summed E-state index contributed by atoms with van der Waals surface area (Å²) >= 11 is 0. The Morgan fingerprint density at radius 3 is 2.76 bits per heavy atom. The molecule has 2 aromatic heterocycles. The molecule has 0 spiro atoms. The molecule has 0 saturated carbocycles. The van der Waals surface area contributed by atoms with Crippen molar-refractivity contribution in [3.8, 4) is 5.75 Å². The van der Waals surface area contributed by atoms with Crippen molar-refractivity contribution in [3.05, 3.63) is 78.2 Å². The molecule has 3 aromatic rings. The van der Waals surface area contributed by atoms with Crippen molar-refractivity contribution in [1.82, 2.24) is 14.9 Å². The number of aryl methyl sites for hydroxylation is 1. The number of nitrogens with one attached hydrogen (secondary N) is 1. The van der Waals surface area contributed by atoms with Gasteiger partial charge in [0.25, 0.3) is 0 Å². The molecule has 1 N–H and O–H groups in total. The molecule has 0 aliphatic carbocycles. The van der Waals surface area contributed by atoms with Gasteiger partial charge >= 0.3 is 0 Å². The molecular formula is C23H26N4O2. The molecule has 29 heavy (non-hydrogen) atoms. The summed E-state index contributed by atoms with van der Waals surface area (Å²) in [7, 11) is 0. The highest BCUT2D eigenvalue weighted by atomic mass is 16.5. The van der Waals surface area contributed by atoms with Gasteiger partial charge < -0.3 is 14.8 Å². The smallest absolute Gasteiger partial charge is 0.130 e. The minimum absolute atomic E-state index is 0.0213. The molecule has 3 heterocycles. The minimum atomic E-state index is -0.0213. The zero-order valence-corrected chi connectivity index (χ0v) is 16.6. The first-order valence-corrected chi connectivity index (χ1v) is 9.94. The highest BCUT2D eigenvalue weighted by Gasteiger charge is 2.22. The molecular weight excluding hydrogens is 364 g/mol. The lowest BCUT2D eigenvalue weighted by Gasteiger charge is -2.32. The van der Waals surface area contributed by atoms with Crippen molar-refractivity contribution in [3.63, 3.8) is 0 Å². The monoisotopic (exact) mass is 390 g/mol. The van der Waals surface area contributed by atoms with Crippen LogP contribution >= 0.6 is 0 Å². The van der Waals surface area contributed by atoms with Crippen LogP contribution in [0, 0.1) is 6.92 Å². The van der Waals surface area contributed by atoms with Gasteiger partial charge in [-0.15, -0.1) is 0 Å². The van der Waals surface area contributed by atoms with E-state index in [0.717, 1.165) is 42.6 Å². The van der Waals surface area contributed by atoms with Crippen LogP contribution < -0.4 is 10.1 Å². The van der Waals surface area contributed by atoms with Gasteiger partial charge in [-0.3, -0.25) is 9.88 Å². The van der Waals surface area contributed by atoms with Crippen LogP contribution in [-0.2, 0) is 4.74 Å². The first-order chi connectivity index (χ1) is 14.3. The summed E-state index contributed by atoms with van der Waals surface area (Å²) in [5.41, 5.74) is 3.09. The topological polar surface area (TPSA) is 59.5 Å². The van der Waals surface area contributed by atoms with Gasteiger partial charge in [-0.2, -0.15) is 0 Å². The molecule has 0 bridgehead atoms. The number of benzene rings is 1. The molecule has 1 fully saturated rings. The van der Waals surface area contributed by atoms with Crippen molar-refractivity contribution >= 4 is 11.5 Å². The molecule has 6 heteroatoms. The molecule has 1 saturated heterocycles. The van der Waals surface area contributed by atoms with E-state index in [-0.39, 0.29) is 6.10 Å². The van der Waals surface area contributed by atoms with E-state index in [9.17, 15) is 0 Å². The molecule has 0 amide bonds. The Labute approximate surface area is 171 Å². The number of pyridine rings is 2. The van der Waals surface area contributed by atoms with Crippen LogP contribution in [0.4, 0.5) is 11.5 Å². The van der Waals surface area contributed by atoms with Gasteiger partial charge in [0.15, 0.2) is 0 Å². The number of anilines is 2. The van der Waals surface area contributed by atoms with Gasteiger partial charge in [-0.1, -0.05) is 23.8 Å². The van der Waals surface area contributed by atoms with Crippen LogP contribution in [0.1, 0.15) is 17.4 Å². The van der Waals surface area contributed by atoms with E-state index in [0.29, 0.717) is 13.2 Å². The Morgan fingerprint density at radius 2 is 2.00 bits per heavy atom. The lowest BCUT2D eigenvalue weighted by Crippen LogP contribution is -2.40. The van der Waals surface area contributed by atoms with E-state index in [1.54, 1.807) is 6.20 Å². The molecule has 6 nitrogen and oxygen atoms in total. The van der Waals surface area contributed by atoms with Crippen LogP contribution in [0.3, 0.4) is 0 Å². The number of hydrogen-bond acceptors (Lipinski definition) is 6. The summed E-state index contributed by atoms with van der Waals surface area (Å²) in [5.74, 6) is 1.72. The third-order valence-electron chi connectivity index (χ3n) is 4.90. The van der Waals surface area contributed by atoms with Crippen LogP contribution in [0.2, 0.25) is 0 Å². The maximum atomic E-state index is 5.95. The van der Waals surface area contributed by atoms with Crippen molar-refractivity contribution < 1.29 is 9.47 Å². The predicted molar refractivity (Wildman–Crippen MR) is 114 cm³/mol. The Kier molecular flexibility index (Phi) is 6.34. The Morgan fingerprint density at radius 1 is 1.10 bits per heavy atom. The average Bonchev–Trinajstić information content (AvgIpc) is 2.77. The zero-order chi connectivity index (χ0) is 19.9. The standard InChI is InChI=1S/C23H26N4O2/c1-18-5-8-20(9-6-18)28-14-12-27-13-15-29-22(17-27)21-10-7-19(16-25-21)26-23-4-2-3-11-24-23/h2-11,16,22H,12-15,17H2,1H3,(H,24,26)/t22-/m1/s1. The van der Waals surface area contributed by atoms with E-state index < -0.39 is 0 Å². The number of nitrogens with zero attached hydrogens (tertiary/aromatic N) is 3. The molecule has 1 aromatic carbocycles. The first-order valence-electron chi connectivity index (χ1n) is 9.94. The lowest BCUT2D eigenvalue weighted by molar-refractivity contribution is -0.0349. The number of hydrogen-bond donors (Lipinski definition) is 1. The predicted octanol–water partition coefficient (Wildman–Crippen LogP) is 3.98. The van der Waals surface area contributed by atoms with E-state index in [1.165, 1.54) is 5.56 Å². The number of ether oxygens (including phenoxy) is 2. The Balaban J connectivity index is 1.28. The average molecular weight is 390 g/mol. The van der Waals surface area contributed by atoms with E-state index in [4.69, 9.17) is 9.47 Å². The SMILES string of the molecule is Cc1ccc(OCCN2CCO[C@@H](c3ccc(Nc4ccccn4)cn3)C2)cc1. The fourth-order valence-electron chi connectivity index (χ4n) is 3.27. The second-order valence-corrected chi connectivity index (χ2v) is 7.13. The van der Waals surface area contributed by atoms with Crippen LogP contribution in [0.5, 0.6) is 5.75 Å². The van der Waals surface area contributed by atoms with Gasteiger partial charge in [-0.05, 0) is 43.3 Å². The third-order valence-corrected chi connectivity index (χ3v) is 4.90. The minimum Gasteiger partial charge on any atom is -0.492 e. The summed E-state index contributed by atoms with van der Waals surface area (Å²) in [6, 6.07) is 18.0. The van der Waals surface area contributed by atoms with Crippen molar-refractivity contribution in [2.24, 2.45) is 0 Å². The summed E-state index contributed by atoms with van der Waals surface area (Å²) in [4.78, 5) is 11.2. The maximum absolute atomic E-state index is 5.95.